The predicted molar refractivity (Wildman–Crippen MR) is 72.2 cm³/mol. The number of anilines is 1. The zero-order chi connectivity index (χ0) is 12.1. The van der Waals surface area contributed by atoms with E-state index in [9.17, 15) is 4.79 Å². The lowest BCUT2D eigenvalue weighted by Gasteiger charge is -2.19. The number of carbonyl (C=O) groups is 1. The highest BCUT2D eigenvalue weighted by atomic mass is 32.1. The zero-order valence-corrected chi connectivity index (χ0v) is 10.8. The molecule has 2 rings (SSSR count). The fourth-order valence-electron chi connectivity index (χ4n) is 1.99. The molecule has 4 heteroatoms. The van der Waals surface area contributed by atoms with Crippen molar-refractivity contribution >= 4 is 22.9 Å². The van der Waals surface area contributed by atoms with E-state index in [0.717, 1.165) is 18.7 Å². The van der Waals surface area contributed by atoms with Gasteiger partial charge in [-0.1, -0.05) is 12.2 Å². The van der Waals surface area contributed by atoms with Gasteiger partial charge in [0.1, 0.15) is 0 Å². The average molecular weight is 250 g/mol. The Hall–Kier alpha value is -1.13. The van der Waals surface area contributed by atoms with Gasteiger partial charge >= 0.3 is 0 Å². The first-order chi connectivity index (χ1) is 8.25. The first-order valence-electron chi connectivity index (χ1n) is 5.98. The lowest BCUT2D eigenvalue weighted by Crippen LogP contribution is -2.29. The molecule has 92 valence electrons. The molecule has 2 N–H and O–H groups in total. The minimum Gasteiger partial charge on any atom is -0.325 e. The summed E-state index contributed by atoms with van der Waals surface area (Å²) in [4.78, 5) is 12.2. The summed E-state index contributed by atoms with van der Waals surface area (Å²) in [5.41, 5.74) is 0.946. The third-order valence-corrected chi connectivity index (χ3v) is 3.80. The minimum absolute atomic E-state index is 0.00903. The van der Waals surface area contributed by atoms with Gasteiger partial charge in [-0.3, -0.25) is 4.79 Å². The maximum atomic E-state index is 11.0. The Labute approximate surface area is 106 Å². The number of rotatable bonds is 4. The highest BCUT2D eigenvalue weighted by Crippen LogP contribution is 2.22. The Bertz CT molecular complexity index is 411. The number of amides is 1. The van der Waals surface area contributed by atoms with Crippen LogP contribution < -0.4 is 10.6 Å². The van der Waals surface area contributed by atoms with Crippen molar-refractivity contribution in [2.24, 2.45) is 0 Å². The average Bonchev–Trinajstić information content (AvgIpc) is 2.74. The molecule has 0 fully saturated rings. The van der Waals surface area contributed by atoms with Crippen molar-refractivity contribution in [2.45, 2.75) is 38.8 Å². The SMILES string of the molecule is CC(=O)Nc1ccsc1CNC1CC=CCC1. The monoisotopic (exact) mass is 250 g/mol. The fourth-order valence-corrected chi connectivity index (χ4v) is 2.78. The van der Waals surface area contributed by atoms with E-state index < -0.39 is 0 Å². The third kappa shape index (κ3) is 3.68. The van der Waals surface area contributed by atoms with Crippen LogP contribution in [0.2, 0.25) is 0 Å². The van der Waals surface area contributed by atoms with Crippen molar-refractivity contribution < 1.29 is 4.79 Å². The molecule has 1 aliphatic rings. The molecule has 1 aliphatic carbocycles. The summed E-state index contributed by atoms with van der Waals surface area (Å²) in [6.45, 7) is 2.38. The number of hydrogen-bond donors (Lipinski definition) is 2. The Balaban J connectivity index is 1.87. The number of allylic oxidation sites excluding steroid dienone is 1. The highest BCUT2D eigenvalue weighted by molar-refractivity contribution is 7.10. The molecule has 1 amide bonds. The first kappa shape index (κ1) is 12.3. The van der Waals surface area contributed by atoms with Crippen LogP contribution >= 0.6 is 11.3 Å². The summed E-state index contributed by atoms with van der Waals surface area (Å²) in [6, 6.07) is 2.54. The van der Waals surface area contributed by atoms with Crippen LogP contribution in [0.4, 0.5) is 5.69 Å². The molecule has 1 heterocycles. The van der Waals surface area contributed by atoms with Crippen LogP contribution in [0.1, 0.15) is 31.1 Å². The predicted octanol–water partition coefficient (Wildman–Crippen LogP) is 2.90. The molecule has 1 atom stereocenters. The van der Waals surface area contributed by atoms with E-state index in [4.69, 9.17) is 0 Å². The van der Waals surface area contributed by atoms with Crippen LogP contribution in [0.5, 0.6) is 0 Å². The number of hydrogen-bond acceptors (Lipinski definition) is 3. The molecule has 0 bridgehead atoms. The van der Waals surface area contributed by atoms with Crippen molar-refractivity contribution in [1.29, 1.82) is 0 Å². The van der Waals surface area contributed by atoms with Gasteiger partial charge in [-0.2, -0.15) is 0 Å². The van der Waals surface area contributed by atoms with Gasteiger partial charge in [0.05, 0.1) is 5.69 Å². The zero-order valence-electron chi connectivity index (χ0n) is 10.0. The lowest BCUT2D eigenvalue weighted by molar-refractivity contribution is -0.114. The van der Waals surface area contributed by atoms with Gasteiger partial charge in [-0.15, -0.1) is 11.3 Å². The number of thiophene rings is 1. The largest absolute Gasteiger partial charge is 0.325 e. The maximum Gasteiger partial charge on any atom is 0.221 e. The summed E-state index contributed by atoms with van der Waals surface area (Å²) in [5.74, 6) is -0.00903. The summed E-state index contributed by atoms with van der Waals surface area (Å²) in [7, 11) is 0. The second kappa shape index (κ2) is 5.98. The smallest absolute Gasteiger partial charge is 0.221 e. The molecule has 0 aromatic carbocycles. The third-order valence-electron chi connectivity index (χ3n) is 2.88. The quantitative estimate of drug-likeness (QED) is 0.807. The minimum atomic E-state index is -0.00903. The van der Waals surface area contributed by atoms with Gasteiger partial charge in [-0.25, -0.2) is 0 Å². The van der Waals surface area contributed by atoms with Gasteiger partial charge in [0.2, 0.25) is 5.91 Å². The van der Waals surface area contributed by atoms with E-state index in [2.05, 4.69) is 22.8 Å². The van der Waals surface area contributed by atoms with Crippen LogP contribution in [-0.2, 0) is 11.3 Å². The molecule has 0 saturated heterocycles. The van der Waals surface area contributed by atoms with Crippen LogP contribution in [0.25, 0.3) is 0 Å². The molecule has 0 aliphatic heterocycles. The Morgan fingerprint density at radius 3 is 3.12 bits per heavy atom. The number of nitrogens with one attached hydrogen (secondary N) is 2. The van der Waals surface area contributed by atoms with E-state index in [1.807, 2.05) is 11.4 Å². The molecule has 1 aromatic heterocycles. The van der Waals surface area contributed by atoms with Crippen molar-refractivity contribution in [3.05, 3.63) is 28.5 Å². The van der Waals surface area contributed by atoms with E-state index in [-0.39, 0.29) is 5.91 Å². The molecule has 1 aromatic rings. The Morgan fingerprint density at radius 1 is 1.53 bits per heavy atom. The van der Waals surface area contributed by atoms with E-state index >= 15 is 0 Å². The van der Waals surface area contributed by atoms with Gasteiger partial charge < -0.3 is 10.6 Å². The molecular weight excluding hydrogens is 232 g/mol. The summed E-state index contributed by atoms with van der Waals surface area (Å²) < 4.78 is 0. The molecule has 3 nitrogen and oxygen atoms in total. The summed E-state index contributed by atoms with van der Waals surface area (Å²) in [5, 5.41) is 8.42. The van der Waals surface area contributed by atoms with Crippen LogP contribution in [0.15, 0.2) is 23.6 Å². The van der Waals surface area contributed by atoms with Crippen molar-refractivity contribution in [3.8, 4) is 0 Å². The Kier molecular flexibility index (Phi) is 4.34. The second-order valence-corrected chi connectivity index (χ2v) is 5.30. The van der Waals surface area contributed by atoms with Crippen molar-refractivity contribution in [1.82, 2.24) is 5.32 Å². The fraction of sp³-hybridized carbons (Fsp3) is 0.462. The lowest BCUT2D eigenvalue weighted by atomic mass is 10.0. The molecular formula is C13H18N2OS. The highest BCUT2D eigenvalue weighted by Gasteiger charge is 2.11. The molecule has 0 saturated carbocycles. The van der Waals surface area contributed by atoms with E-state index in [1.165, 1.54) is 17.7 Å². The standard InChI is InChI=1S/C13H18N2OS/c1-10(16)15-12-7-8-17-13(12)9-14-11-5-3-2-4-6-11/h2-3,7-8,11,14H,4-6,9H2,1H3,(H,15,16). The second-order valence-electron chi connectivity index (χ2n) is 4.30. The summed E-state index contributed by atoms with van der Waals surface area (Å²) in [6.07, 6.45) is 7.97. The molecule has 0 radical (unpaired) electrons. The molecule has 0 spiro atoms. The first-order valence-corrected chi connectivity index (χ1v) is 6.86. The van der Waals surface area contributed by atoms with E-state index in [1.54, 1.807) is 18.3 Å². The van der Waals surface area contributed by atoms with Crippen LogP contribution in [0.3, 0.4) is 0 Å². The molecule has 17 heavy (non-hydrogen) atoms. The van der Waals surface area contributed by atoms with Crippen molar-refractivity contribution in [2.75, 3.05) is 5.32 Å². The Morgan fingerprint density at radius 2 is 2.41 bits per heavy atom. The van der Waals surface area contributed by atoms with Crippen LogP contribution in [-0.4, -0.2) is 11.9 Å². The normalized spacial score (nSPS) is 19.2. The van der Waals surface area contributed by atoms with E-state index in [0.29, 0.717) is 6.04 Å². The maximum absolute atomic E-state index is 11.0. The van der Waals surface area contributed by atoms with Crippen LogP contribution in [0, 0.1) is 0 Å². The van der Waals surface area contributed by atoms with Gasteiger partial charge in [0.15, 0.2) is 0 Å². The van der Waals surface area contributed by atoms with Gasteiger partial charge in [0.25, 0.3) is 0 Å². The van der Waals surface area contributed by atoms with Gasteiger partial charge in [-0.05, 0) is 30.7 Å². The van der Waals surface area contributed by atoms with Crippen molar-refractivity contribution in [3.63, 3.8) is 0 Å². The topological polar surface area (TPSA) is 41.1 Å². The number of carbonyl (C=O) groups excluding carboxylic acids is 1. The summed E-state index contributed by atoms with van der Waals surface area (Å²) >= 11 is 1.68. The molecule has 1 unspecified atom stereocenters. The van der Waals surface area contributed by atoms with Gasteiger partial charge in [0, 0.05) is 24.4 Å².